The Morgan fingerprint density at radius 1 is 1.32 bits per heavy atom. The Morgan fingerprint density at radius 2 is 2.00 bits per heavy atom. The average Bonchev–Trinajstić information content (AvgIpc) is 3.25. The van der Waals surface area contributed by atoms with Crippen LogP contribution >= 0.6 is 0 Å². The van der Waals surface area contributed by atoms with E-state index < -0.39 is 0 Å². The molecule has 0 bridgehead atoms. The van der Waals surface area contributed by atoms with Gasteiger partial charge in [0, 0.05) is 13.1 Å². The molecule has 1 aliphatic carbocycles. The second-order valence-corrected chi connectivity index (χ2v) is 4.86. The van der Waals surface area contributed by atoms with Gasteiger partial charge in [0.05, 0.1) is 19.6 Å². The van der Waals surface area contributed by atoms with E-state index in [-0.39, 0.29) is 11.3 Å². The van der Waals surface area contributed by atoms with Crippen LogP contribution in [0.25, 0.3) is 0 Å². The van der Waals surface area contributed by atoms with E-state index in [2.05, 4.69) is 5.32 Å². The van der Waals surface area contributed by atoms with Gasteiger partial charge in [-0.15, -0.1) is 0 Å². The Hall–Kier alpha value is -1.75. The van der Waals surface area contributed by atoms with E-state index >= 15 is 0 Å². The van der Waals surface area contributed by atoms with Gasteiger partial charge in [-0.25, -0.2) is 0 Å². The summed E-state index contributed by atoms with van der Waals surface area (Å²) in [7, 11) is 3.19. The van der Waals surface area contributed by atoms with E-state index in [1.165, 1.54) is 0 Å². The molecule has 1 aromatic carbocycles. The third kappa shape index (κ3) is 2.81. The number of benzene rings is 1. The summed E-state index contributed by atoms with van der Waals surface area (Å²) in [6, 6.07) is 5.60. The fourth-order valence-corrected chi connectivity index (χ4v) is 2.04. The highest BCUT2D eigenvalue weighted by Gasteiger charge is 2.48. The molecule has 0 heterocycles. The predicted molar refractivity (Wildman–Crippen MR) is 72.1 cm³/mol. The maximum absolute atomic E-state index is 12.0. The number of carbonyl (C=O) groups is 1. The molecule has 0 spiro atoms. The van der Waals surface area contributed by atoms with Crippen LogP contribution in [0.2, 0.25) is 0 Å². The van der Waals surface area contributed by atoms with Gasteiger partial charge in [0.1, 0.15) is 0 Å². The highest BCUT2D eigenvalue weighted by atomic mass is 16.5. The summed E-state index contributed by atoms with van der Waals surface area (Å²) in [6.07, 6.45) is 1.78. The second kappa shape index (κ2) is 5.48. The van der Waals surface area contributed by atoms with Crippen molar-refractivity contribution >= 4 is 5.91 Å². The molecule has 2 rings (SSSR count). The minimum Gasteiger partial charge on any atom is -0.493 e. The zero-order valence-corrected chi connectivity index (χ0v) is 11.4. The van der Waals surface area contributed by atoms with Crippen molar-refractivity contribution in [2.24, 2.45) is 11.1 Å². The number of ether oxygens (including phenoxy) is 2. The van der Waals surface area contributed by atoms with E-state index in [0.717, 1.165) is 18.4 Å². The van der Waals surface area contributed by atoms with Crippen molar-refractivity contribution in [3.8, 4) is 11.5 Å². The highest BCUT2D eigenvalue weighted by Crippen LogP contribution is 2.44. The molecule has 1 fully saturated rings. The molecule has 1 amide bonds. The van der Waals surface area contributed by atoms with Gasteiger partial charge < -0.3 is 20.5 Å². The molecule has 1 aromatic rings. The molecule has 104 valence electrons. The molecule has 5 nitrogen and oxygen atoms in total. The van der Waals surface area contributed by atoms with Crippen LogP contribution in [0.5, 0.6) is 11.5 Å². The van der Waals surface area contributed by atoms with Crippen LogP contribution in [0.3, 0.4) is 0 Å². The second-order valence-electron chi connectivity index (χ2n) is 4.86. The summed E-state index contributed by atoms with van der Waals surface area (Å²) < 4.78 is 10.4. The first-order valence-electron chi connectivity index (χ1n) is 6.34. The van der Waals surface area contributed by atoms with Gasteiger partial charge in [0.2, 0.25) is 5.91 Å². The maximum Gasteiger partial charge on any atom is 0.227 e. The Kier molecular flexibility index (Phi) is 3.95. The Balaban J connectivity index is 1.98. The summed E-state index contributed by atoms with van der Waals surface area (Å²) in [4.78, 5) is 12.0. The summed E-state index contributed by atoms with van der Waals surface area (Å²) in [5.74, 6) is 1.39. The molecule has 0 radical (unpaired) electrons. The number of carbonyl (C=O) groups excluding carboxylic acids is 1. The number of hydrogen-bond acceptors (Lipinski definition) is 4. The van der Waals surface area contributed by atoms with E-state index in [4.69, 9.17) is 15.2 Å². The predicted octanol–water partition coefficient (Wildman–Crippen LogP) is 1.06. The van der Waals surface area contributed by atoms with Gasteiger partial charge in [-0.2, -0.15) is 0 Å². The number of hydrogen-bond donors (Lipinski definition) is 2. The molecule has 5 heteroatoms. The van der Waals surface area contributed by atoms with Crippen molar-refractivity contribution in [3.05, 3.63) is 23.8 Å². The topological polar surface area (TPSA) is 73.6 Å². The third-order valence-electron chi connectivity index (χ3n) is 3.63. The molecule has 1 aliphatic rings. The van der Waals surface area contributed by atoms with Crippen molar-refractivity contribution in [1.82, 2.24) is 5.32 Å². The largest absolute Gasteiger partial charge is 0.493 e. The average molecular weight is 264 g/mol. The lowest BCUT2D eigenvalue weighted by Gasteiger charge is -2.14. The van der Waals surface area contributed by atoms with Crippen molar-refractivity contribution in [3.63, 3.8) is 0 Å². The van der Waals surface area contributed by atoms with Crippen molar-refractivity contribution in [2.75, 3.05) is 20.8 Å². The molecule has 3 N–H and O–H groups in total. The normalized spacial score (nSPS) is 15.7. The van der Waals surface area contributed by atoms with Gasteiger partial charge >= 0.3 is 0 Å². The zero-order chi connectivity index (χ0) is 13.9. The van der Waals surface area contributed by atoms with Crippen LogP contribution < -0.4 is 20.5 Å². The Labute approximate surface area is 113 Å². The van der Waals surface area contributed by atoms with Crippen LogP contribution in [-0.4, -0.2) is 26.7 Å². The molecule has 0 unspecified atom stereocenters. The van der Waals surface area contributed by atoms with E-state index in [0.29, 0.717) is 24.6 Å². The molecular formula is C14H20N2O3. The minimum atomic E-state index is -0.309. The summed E-state index contributed by atoms with van der Waals surface area (Å²) in [5.41, 5.74) is 6.29. The molecular weight excluding hydrogens is 244 g/mol. The third-order valence-corrected chi connectivity index (χ3v) is 3.63. The maximum atomic E-state index is 12.0. The highest BCUT2D eigenvalue weighted by molar-refractivity contribution is 5.85. The van der Waals surface area contributed by atoms with Gasteiger partial charge in [-0.1, -0.05) is 6.07 Å². The van der Waals surface area contributed by atoms with Crippen molar-refractivity contribution < 1.29 is 14.3 Å². The summed E-state index contributed by atoms with van der Waals surface area (Å²) in [6.45, 7) is 0.895. The lowest BCUT2D eigenvalue weighted by Crippen LogP contribution is -2.36. The molecule has 0 saturated heterocycles. The Bertz CT molecular complexity index is 470. The van der Waals surface area contributed by atoms with E-state index in [1.807, 2.05) is 18.2 Å². The smallest absolute Gasteiger partial charge is 0.227 e. The quantitative estimate of drug-likeness (QED) is 0.805. The van der Waals surface area contributed by atoms with Crippen LogP contribution in [0.1, 0.15) is 18.4 Å². The summed E-state index contributed by atoms with van der Waals surface area (Å²) in [5, 5.41) is 2.93. The minimum absolute atomic E-state index is 0.0461. The van der Waals surface area contributed by atoms with Gasteiger partial charge in [-0.05, 0) is 30.5 Å². The van der Waals surface area contributed by atoms with Gasteiger partial charge in [0.25, 0.3) is 0 Å². The SMILES string of the molecule is COc1ccc(CNC(=O)C2(CN)CC2)cc1OC. The first-order valence-corrected chi connectivity index (χ1v) is 6.34. The van der Waals surface area contributed by atoms with E-state index in [9.17, 15) is 4.79 Å². The fraction of sp³-hybridized carbons (Fsp3) is 0.500. The summed E-state index contributed by atoms with van der Waals surface area (Å²) >= 11 is 0. The van der Waals surface area contributed by atoms with Gasteiger partial charge in [0.15, 0.2) is 11.5 Å². The van der Waals surface area contributed by atoms with Crippen LogP contribution in [-0.2, 0) is 11.3 Å². The fourth-order valence-electron chi connectivity index (χ4n) is 2.04. The lowest BCUT2D eigenvalue weighted by molar-refractivity contribution is -0.126. The van der Waals surface area contributed by atoms with Crippen LogP contribution in [0.15, 0.2) is 18.2 Å². The first kappa shape index (κ1) is 13.7. The first-order chi connectivity index (χ1) is 9.15. The van der Waals surface area contributed by atoms with Crippen molar-refractivity contribution in [2.45, 2.75) is 19.4 Å². The number of rotatable bonds is 6. The standard InChI is InChI=1S/C14H20N2O3/c1-18-11-4-3-10(7-12(11)19-2)8-16-13(17)14(9-15)5-6-14/h3-4,7H,5-6,8-9,15H2,1-2H3,(H,16,17). The molecule has 0 aromatic heterocycles. The zero-order valence-electron chi connectivity index (χ0n) is 11.4. The lowest BCUT2D eigenvalue weighted by atomic mass is 10.1. The number of methoxy groups -OCH3 is 2. The molecule has 19 heavy (non-hydrogen) atoms. The van der Waals surface area contributed by atoms with Crippen LogP contribution in [0.4, 0.5) is 0 Å². The molecule has 0 aliphatic heterocycles. The molecule has 0 atom stereocenters. The Morgan fingerprint density at radius 3 is 2.53 bits per heavy atom. The number of amides is 1. The van der Waals surface area contributed by atoms with E-state index in [1.54, 1.807) is 14.2 Å². The van der Waals surface area contributed by atoms with Crippen molar-refractivity contribution in [1.29, 1.82) is 0 Å². The van der Waals surface area contributed by atoms with Crippen LogP contribution in [0, 0.1) is 5.41 Å². The number of nitrogens with two attached hydrogens (primary N) is 1. The molecule has 1 saturated carbocycles. The monoisotopic (exact) mass is 264 g/mol. The van der Waals surface area contributed by atoms with Gasteiger partial charge in [-0.3, -0.25) is 4.79 Å². The number of nitrogens with one attached hydrogen (secondary N) is 1.